The molecule has 0 bridgehead atoms. The number of nitrogens with zero attached hydrogens (tertiary/aromatic N) is 3. The first-order valence-corrected chi connectivity index (χ1v) is 11.8. The van der Waals surface area contributed by atoms with E-state index < -0.39 is 42.0 Å². The number of amidine groups is 1. The summed E-state index contributed by atoms with van der Waals surface area (Å²) >= 11 is 7.21. The number of carboxylic acids is 1. The lowest BCUT2D eigenvalue weighted by atomic mass is 9.95. The van der Waals surface area contributed by atoms with Crippen molar-refractivity contribution in [1.29, 1.82) is 0 Å². The number of carboxylic acid groups (broad SMARTS) is 1. The van der Waals surface area contributed by atoms with Gasteiger partial charge < -0.3 is 19.9 Å². The molecule has 0 amide bonds. The maximum Gasteiger partial charge on any atom is 0.338 e. The normalized spacial score (nSPS) is 20.8. The Morgan fingerprint density at radius 2 is 2.19 bits per heavy atom. The standard InChI is InChI=1S/C22H20ClF3N4O5S/c1-34-22(33)16-13(7-30-4-5-35-8-15(30)21(31)32)27-19(20-28-14(9-36-20)18(25)26)29-17(16)11-3-2-10(24)6-12(11)23/h2-3,6,9,15,17-18H,4-5,7-8H2,1H3,(H,27,29)(H,31,32)/t15-,17?/m0/s1. The Morgan fingerprint density at radius 3 is 2.83 bits per heavy atom. The lowest BCUT2D eigenvalue weighted by Gasteiger charge is -2.35. The summed E-state index contributed by atoms with van der Waals surface area (Å²) in [6.45, 7) is 0.390. The van der Waals surface area contributed by atoms with E-state index >= 15 is 0 Å². The number of morpholine rings is 1. The first-order chi connectivity index (χ1) is 17.2. The molecule has 1 saturated heterocycles. The molecule has 0 aliphatic carbocycles. The van der Waals surface area contributed by atoms with Crippen molar-refractivity contribution in [3.63, 3.8) is 0 Å². The minimum absolute atomic E-state index is 0.0102. The van der Waals surface area contributed by atoms with Crippen molar-refractivity contribution in [2.24, 2.45) is 4.99 Å². The second-order valence-corrected chi connectivity index (χ2v) is 9.10. The van der Waals surface area contributed by atoms with Gasteiger partial charge in [-0.2, -0.15) is 0 Å². The second-order valence-electron chi connectivity index (χ2n) is 7.83. The molecule has 0 radical (unpaired) electrons. The second kappa shape index (κ2) is 10.9. The van der Waals surface area contributed by atoms with E-state index in [4.69, 9.17) is 21.1 Å². The molecule has 3 heterocycles. The van der Waals surface area contributed by atoms with Gasteiger partial charge in [-0.25, -0.2) is 22.9 Å². The number of methoxy groups -OCH3 is 1. The highest BCUT2D eigenvalue weighted by molar-refractivity contribution is 7.11. The van der Waals surface area contributed by atoms with Gasteiger partial charge in [-0.1, -0.05) is 17.7 Å². The maximum atomic E-state index is 13.8. The third-order valence-electron chi connectivity index (χ3n) is 5.62. The summed E-state index contributed by atoms with van der Waals surface area (Å²) in [6.07, 6.45) is -2.80. The van der Waals surface area contributed by atoms with Crippen LogP contribution in [0, 0.1) is 5.82 Å². The molecule has 4 rings (SSSR count). The molecule has 1 aromatic carbocycles. The summed E-state index contributed by atoms with van der Waals surface area (Å²) < 4.78 is 50.4. The fraction of sp³-hybridized carbons (Fsp3) is 0.364. The van der Waals surface area contributed by atoms with E-state index in [1.807, 2.05) is 0 Å². The average molecular weight is 545 g/mol. The third-order valence-corrected chi connectivity index (χ3v) is 6.82. The zero-order valence-corrected chi connectivity index (χ0v) is 20.3. The Kier molecular flexibility index (Phi) is 7.93. The van der Waals surface area contributed by atoms with E-state index in [1.54, 1.807) is 4.90 Å². The van der Waals surface area contributed by atoms with Crippen LogP contribution in [-0.4, -0.2) is 72.2 Å². The number of rotatable bonds is 7. The monoisotopic (exact) mass is 544 g/mol. The predicted octanol–water partition coefficient (Wildman–Crippen LogP) is 3.18. The summed E-state index contributed by atoms with van der Waals surface area (Å²) in [5.74, 6) is -2.43. The van der Waals surface area contributed by atoms with Crippen LogP contribution >= 0.6 is 22.9 Å². The van der Waals surface area contributed by atoms with Crippen LogP contribution in [-0.2, 0) is 19.1 Å². The largest absolute Gasteiger partial charge is 0.480 e. The van der Waals surface area contributed by atoms with Crippen molar-refractivity contribution in [3.8, 4) is 0 Å². The van der Waals surface area contributed by atoms with Crippen LogP contribution in [0.5, 0.6) is 0 Å². The number of ether oxygens (including phenoxy) is 2. The van der Waals surface area contributed by atoms with Gasteiger partial charge in [-0.3, -0.25) is 14.7 Å². The number of aliphatic carboxylic acids is 1. The fourth-order valence-corrected chi connectivity index (χ4v) is 4.91. The van der Waals surface area contributed by atoms with E-state index in [2.05, 4.69) is 15.3 Å². The van der Waals surface area contributed by atoms with Crippen LogP contribution in [0.2, 0.25) is 5.02 Å². The van der Waals surface area contributed by atoms with Gasteiger partial charge >= 0.3 is 11.9 Å². The molecule has 1 fully saturated rings. The van der Waals surface area contributed by atoms with Gasteiger partial charge in [0.2, 0.25) is 0 Å². The van der Waals surface area contributed by atoms with Crippen molar-refractivity contribution in [2.75, 3.05) is 33.4 Å². The zero-order chi connectivity index (χ0) is 26.0. The molecule has 2 aliphatic heterocycles. The van der Waals surface area contributed by atoms with Crippen LogP contribution in [0.4, 0.5) is 13.2 Å². The van der Waals surface area contributed by atoms with E-state index in [0.29, 0.717) is 0 Å². The highest BCUT2D eigenvalue weighted by Gasteiger charge is 2.37. The number of carbonyl (C=O) groups excluding carboxylic acids is 1. The van der Waals surface area contributed by atoms with Crippen LogP contribution in [0.1, 0.15) is 28.7 Å². The smallest absolute Gasteiger partial charge is 0.338 e. The highest BCUT2D eigenvalue weighted by Crippen LogP contribution is 2.37. The number of benzene rings is 1. The van der Waals surface area contributed by atoms with Crippen LogP contribution < -0.4 is 5.32 Å². The Balaban J connectivity index is 1.84. The number of carbonyl (C=O) groups is 2. The van der Waals surface area contributed by atoms with Gasteiger partial charge in [-0.15, -0.1) is 11.3 Å². The lowest BCUT2D eigenvalue weighted by Crippen LogP contribution is -2.52. The van der Waals surface area contributed by atoms with E-state index in [1.165, 1.54) is 18.6 Å². The molecule has 0 spiro atoms. The Bertz CT molecular complexity index is 1240. The molecule has 1 aromatic heterocycles. The first kappa shape index (κ1) is 26.1. The SMILES string of the molecule is COC(=O)C1=C(CN2CCOC[C@H]2C(=O)O)NC(c2nc(C(F)F)cs2)=NC1c1ccc(F)cc1Cl. The molecule has 192 valence electrons. The summed E-state index contributed by atoms with van der Waals surface area (Å²) in [5.41, 5.74) is 0.0480. The summed E-state index contributed by atoms with van der Waals surface area (Å²) in [6, 6.07) is 1.46. The minimum Gasteiger partial charge on any atom is -0.480 e. The van der Waals surface area contributed by atoms with Crippen molar-refractivity contribution in [1.82, 2.24) is 15.2 Å². The number of aromatic nitrogens is 1. The lowest BCUT2D eigenvalue weighted by molar-refractivity contribution is -0.149. The van der Waals surface area contributed by atoms with Crippen molar-refractivity contribution < 1.29 is 37.3 Å². The molecule has 9 nitrogen and oxygen atoms in total. The average Bonchev–Trinajstić information content (AvgIpc) is 3.34. The number of esters is 1. The highest BCUT2D eigenvalue weighted by atomic mass is 35.5. The minimum atomic E-state index is -2.80. The number of hydrogen-bond acceptors (Lipinski definition) is 9. The maximum absolute atomic E-state index is 13.8. The number of aliphatic imine (C=N–C) groups is 1. The van der Waals surface area contributed by atoms with Gasteiger partial charge in [-0.05, 0) is 12.1 Å². The van der Waals surface area contributed by atoms with Gasteiger partial charge in [0.05, 0.1) is 25.9 Å². The molecule has 2 aromatic rings. The fourth-order valence-electron chi connectivity index (χ4n) is 3.88. The number of thiazole rings is 1. The Hall–Kier alpha value is -3.00. The molecule has 36 heavy (non-hydrogen) atoms. The molecule has 2 atom stereocenters. The third kappa shape index (κ3) is 5.38. The van der Waals surface area contributed by atoms with Crippen LogP contribution in [0.3, 0.4) is 0 Å². The van der Waals surface area contributed by atoms with Gasteiger partial charge in [0.1, 0.15) is 23.6 Å². The molecular formula is C22H20ClF3N4O5S. The molecule has 1 unspecified atom stereocenters. The van der Waals surface area contributed by atoms with E-state index in [0.717, 1.165) is 23.5 Å². The van der Waals surface area contributed by atoms with E-state index in [9.17, 15) is 27.9 Å². The van der Waals surface area contributed by atoms with Gasteiger partial charge in [0, 0.05) is 34.8 Å². The summed E-state index contributed by atoms with van der Waals surface area (Å²) in [7, 11) is 1.17. The summed E-state index contributed by atoms with van der Waals surface area (Å²) in [5, 5.41) is 13.9. The van der Waals surface area contributed by atoms with Gasteiger partial charge in [0.25, 0.3) is 6.43 Å². The Labute approximate surface area is 212 Å². The molecule has 14 heteroatoms. The summed E-state index contributed by atoms with van der Waals surface area (Å²) in [4.78, 5) is 34.8. The number of nitrogens with one attached hydrogen (secondary N) is 1. The molecule has 2 aliphatic rings. The molecule has 2 N–H and O–H groups in total. The number of hydrogen-bond donors (Lipinski definition) is 2. The van der Waals surface area contributed by atoms with Crippen molar-refractivity contribution in [3.05, 3.63) is 62.0 Å². The predicted molar refractivity (Wildman–Crippen MR) is 124 cm³/mol. The van der Waals surface area contributed by atoms with Gasteiger partial charge in [0.15, 0.2) is 10.8 Å². The van der Waals surface area contributed by atoms with Crippen LogP contribution in [0.25, 0.3) is 0 Å². The van der Waals surface area contributed by atoms with Crippen molar-refractivity contribution in [2.45, 2.75) is 18.5 Å². The molecule has 0 saturated carbocycles. The number of alkyl halides is 2. The Morgan fingerprint density at radius 1 is 1.42 bits per heavy atom. The number of halogens is 4. The topological polar surface area (TPSA) is 113 Å². The van der Waals surface area contributed by atoms with E-state index in [-0.39, 0.29) is 59.0 Å². The quantitative estimate of drug-likeness (QED) is 0.511. The zero-order valence-electron chi connectivity index (χ0n) is 18.7. The van der Waals surface area contributed by atoms with Crippen LogP contribution in [0.15, 0.2) is 39.8 Å². The van der Waals surface area contributed by atoms with Crippen molar-refractivity contribution >= 4 is 40.7 Å². The molecular weight excluding hydrogens is 525 g/mol. The first-order valence-electron chi connectivity index (χ1n) is 10.6.